The predicted octanol–water partition coefficient (Wildman–Crippen LogP) is 2.66. The molecule has 0 aromatic rings. The second-order valence-corrected chi connectivity index (χ2v) is 6.44. The lowest BCUT2D eigenvalue weighted by molar-refractivity contribution is -0.151. The van der Waals surface area contributed by atoms with Crippen molar-refractivity contribution in [2.45, 2.75) is 76.5 Å². The second-order valence-electron chi connectivity index (χ2n) is 6.44. The van der Waals surface area contributed by atoms with Gasteiger partial charge in [-0.05, 0) is 33.6 Å². The molecule has 1 rings (SSSR count). The molecule has 0 bridgehead atoms. The molecule has 0 aromatic carbocycles. The lowest BCUT2D eigenvalue weighted by Crippen LogP contribution is -2.57. The molecule has 4 heteroatoms. The van der Waals surface area contributed by atoms with E-state index in [1.165, 1.54) is 26.4 Å². The van der Waals surface area contributed by atoms with Crippen LogP contribution >= 0.6 is 0 Å². The Morgan fingerprint density at radius 2 is 1.74 bits per heavy atom. The molecule has 0 aromatic heterocycles. The van der Waals surface area contributed by atoms with Gasteiger partial charge in [-0.1, -0.05) is 19.3 Å². The first-order valence-electron chi connectivity index (χ1n) is 7.24. The number of methoxy groups -OCH3 is 2. The average molecular weight is 271 g/mol. The molecule has 0 spiro atoms. The fraction of sp³-hybridized carbons (Fsp3) is 0.933. The van der Waals surface area contributed by atoms with Crippen molar-refractivity contribution in [2.24, 2.45) is 0 Å². The average Bonchev–Trinajstić information content (AvgIpc) is 2.38. The Balaban J connectivity index is 2.76. The zero-order chi connectivity index (χ0) is 14.5. The Labute approximate surface area is 117 Å². The minimum Gasteiger partial charge on any atom is -0.468 e. The fourth-order valence-electron chi connectivity index (χ4n) is 3.03. The first-order chi connectivity index (χ1) is 8.83. The summed E-state index contributed by atoms with van der Waals surface area (Å²) < 4.78 is 10.5. The topological polar surface area (TPSA) is 47.6 Å². The van der Waals surface area contributed by atoms with Crippen LogP contribution in [0, 0.1) is 0 Å². The molecule has 0 aliphatic heterocycles. The van der Waals surface area contributed by atoms with Crippen LogP contribution in [-0.2, 0) is 14.3 Å². The summed E-state index contributed by atoms with van der Waals surface area (Å²) in [4.78, 5) is 12.2. The molecular weight excluding hydrogens is 242 g/mol. The summed E-state index contributed by atoms with van der Waals surface area (Å²) in [5, 5.41) is 3.52. The van der Waals surface area contributed by atoms with Crippen molar-refractivity contribution >= 4 is 5.97 Å². The van der Waals surface area contributed by atoms with Gasteiger partial charge in [-0.25, -0.2) is 0 Å². The maximum atomic E-state index is 12.2. The van der Waals surface area contributed by atoms with Crippen LogP contribution in [-0.4, -0.2) is 37.4 Å². The molecule has 1 unspecified atom stereocenters. The molecule has 4 nitrogen and oxygen atoms in total. The molecule has 1 saturated carbocycles. The van der Waals surface area contributed by atoms with E-state index in [0.29, 0.717) is 12.5 Å². The van der Waals surface area contributed by atoms with E-state index in [2.05, 4.69) is 5.32 Å². The number of hydrogen-bond donors (Lipinski definition) is 1. The van der Waals surface area contributed by atoms with E-state index in [4.69, 9.17) is 9.47 Å². The minimum absolute atomic E-state index is 0.205. The van der Waals surface area contributed by atoms with Gasteiger partial charge in [-0.15, -0.1) is 0 Å². The van der Waals surface area contributed by atoms with E-state index in [9.17, 15) is 4.79 Å². The van der Waals surface area contributed by atoms with Gasteiger partial charge >= 0.3 is 5.97 Å². The molecule has 1 aliphatic carbocycles. The number of esters is 1. The smallest absolute Gasteiger partial charge is 0.325 e. The van der Waals surface area contributed by atoms with Gasteiger partial charge in [0.1, 0.15) is 5.54 Å². The first kappa shape index (κ1) is 16.4. The van der Waals surface area contributed by atoms with Crippen LogP contribution < -0.4 is 5.32 Å². The zero-order valence-corrected chi connectivity index (χ0v) is 13.0. The predicted molar refractivity (Wildman–Crippen MR) is 76.1 cm³/mol. The van der Waals surface area contributed by atoms with Crippen molar-refractivity contribution in [3.05, 3.63) is 0 Å². The molecule has 1 fully saturated rings. The third-order valence-electron chi connectivity index (χ3n) is 4.10. The molecule has 1 N–H and O–H groups in total. The number of nitrogens with one attached hydrogen (secondary N) is 1. The summed E-state index contributed by atoms with van der Waals surface area (Å²) in [7, 11) is 3.13. The summed E-state index contributed by atoms with van der Waals surface area (Å²) in [5.74, 6) is -0.205. The van der Waals surface area contributed by atoms with Crippen molar-refractivity contribution in [1.29, 1.82) is 0 Å². The van der Waals surface area contributed by atoms with E-state index in [1.54, 1.807) is 7.11 Å². The van der Waals surface area contributed by atoms with Crippen molar-refractivity contribution in [2.75, 3.05) is 14.2 Å². The van der Waals surface area contributed by atoms with Gasteiger partial charge in [-0.2, -0.15) is 0 Å². The summed E-state index contributed by atoms with van der Waals surface area (Å²) in [5.41, 5.74) is -1.04. The van der Waals surface area contributed by atoms with Gasteiger partial charge in [0.15, 0.2) is 0 Å². The summed E-state index contributed by atoms with van der Waals surface area (Å²) in [6.07, 6.45) is 6.65. The Hall–Kier alpha value is -0.610. The highest BCUT2D eigenvalue weighted by atomic mass is 16.5. The molecule has 0 heterocycles. The van der Waals surface area contributed by atoms with Crippen LogP contribution in [0.25, 0.3) is 0 Å². The summed E-state index contributed by atoms with van der Waals surface area (Å²) in [6, 6.07) is 0.408. The number of carbonyl (C=O) groups excluding carboxylic acids is 1. The van der Waals surface area contributed by atoms with E-state index < -0.39 is 5.54 Å². The van der Waals surface area contributed by atoms with Crippen LogP contribution in [0.4, 0.5) is 0 Å². The normalized spacial score (nSPS) is 20.9. The minimum atomic E-state index is -0.684. The van der Waals surface area contributed by atoms with Gasteiger partial charge in [0, 0.05) is 19.6 Å². The molecule has 0 amide bonds. The van der Waals surface area contributed by atoms with Crippen LogP contribution in [0.3, 0.4) is 0 Å². The highest BCUT2D eigenvalue weighted by Crippen LogP contribution is 2.27. The summed E-state index contributed by atoms with van der Waals surface area (Å²) >= 11 is 0. The summed E-state index contributed by atoms with van der Waals surface area (Å²) in [6.45, 7) is 5.92. The maximum Gasteiger partial charge on any atom is 0.325 e. The molecule has 19 heavy (non-hydrogen) atoms. The monoisotopic (exact) mass is 271 g/mol. The largest absolute Gasteiger partial charge is 0.468 e. The maximum absolute atomic E-state index is 12.2. The highest BCUT2D eigenvalue weighted by molar-refractivity contribution is 5.80. The van der Waals surface area contributed by atoms with E-state index in [1.807, 2.05) is 20.8 Å². The van der Waals surface area contributed by atoms with E-state index in [-0.39, 0.29) is 11.6 Å². The van der Waals surface area contributed by atoms with Crippen LogP contribution in [0.1, 0.15) is 59.3 Å². The SMILES string of the molecule is COC(=O)C(C)(CC(C)(C)OC)NC1CCCCC1. The van der Waals surface area contributed by atoms with Crippen molar-refractivity contribution in [3.8, 4) is 0 Å². The molecule has 1 aliphatic rings. The molecule has 1 atom stereocenters. The number of carbonyl (C=O) groups is 1. The Morgan fingerprint density at radius 3 is 2.21 bits per heavy atom. The van der Waals surface area contributed by atoms with Gasteiger partial charge < -0.3 is 9.47 Å². The lowest BCUT2D eigenvalue weighted by Gasteiger charge is -2.39. The molecule has 0 saturated heterocycles. The van der Waals surface area contributed by atoms with Crippen molar-refractivity contribution < 1.29 is 14.3 Å². The van der Waals surface area contributed by atoms with Gasteiger partial charge in [0.05, 0.1) is 12.7 Å². The Bertz CT molecular complexity index is 298. The molecular formula is C15H29NO3. The Kier molecular flexibility index (Phi) is 5.81. The van der Waals surface area contributed by atoms with Crippen LogP contribution in [0.5, 0.6) is 0 Å². The number of rotatable bonds is 6. The Morgan fingerprint density at radius 1 is 1.16 bits per heavy atom. The molecule has 112 valence electrons. The van der Waals surface area contributed by atoms with Crippen LogP contribution in [0.15, 0.2) is 0 Å². The third-order valence-corrected chi connectivity index (χ3v) is 4.10. The van der Waals surface area contributed by atoms with Crippen molar-refractivity contribution in [1.82, 2.24) is 5.32 Å². The quantitative estimate of drug-likeness (QED) is 0.755. The standard InChI is InChI=1S/C15H29NO3/c1-14(2,19-5)11-15(3,13(17)18-4)16-12-9-7-6-8-10-12/h12,16H,6-11H2,1-5H3. The van der Waals surface area contributed by atoms with Crippen molar-refractivity contribution in [3.63, 3.8) is 0 Å². The molecule has 0 radical (unpaired) electrons. The highest BCUT2D eigenvalue weighted by Gasteiger charge is 2.41. The first-order valence-corrected chi connectivity index (χ1v) is 7.24. The fourth-order valence-corrected chi connectivity index (χ4v) is 3.03. The number of ether oxygens (including phenoxy) is 2. The second kappa shape index (κ2) is 6.71. The lowest BCUT2D eigenvalue weighted by atomic mass is 9.85. The van der Waals surface area contributed by atoms with E-state index >= 15 is 0 Å². The number of hydrogen-bond acceptors (Lipinski definition) is 4. The van der Waals surface area contributed by atoms with Gasteiger partial charge in [0.25, 0.3) is 0 Å². The third kappa shape index (κ3) is 4.77. The van der Waals surface area contributed by atoms with E-state index in [0.717, 1.165) is 12.8 Å². The van der Waals surface area contributed by atoms with Gasteiger partial charge in [-0.3, -0.25) is 10.1 Å². The van der Waals surface area contributed by atoms with Gasteiger partial charge in [0.2, 0.25) is 0 Å². The zero-order valence-electron chi connectivity index (χ0n) is 13.0. The van der Waals surface area contributed by atoms with Crippen LogP contribution in [0.2, 0.25) is 0 Å².